The van der Waals surface area contributed by atoms with E-state index in [1.54, 1.807) is 21.6 Å². The second kappa shape index (κ2) is 8.76. The van der Waals surface area contributed by atoms with Crippen LogP contribution in [0.5, 0.6) is 0 Å². The molecule has 0 aromatic heterocycles. The van der Waals surface area contributed by atoms with Crippen LogP contribution in [-0.4, -0.2) is 77.0 Å². The molecule has 1 fully saturated rings. The Balaban J connectivity index is 2.53. The first-order valence-electron chi connectivity index (χ1n) is 6.98. The second-order valence-corrected chi connectivity index (χ2v) is 5.95. The number of hydrogen-bond donors (Lipinski definition) is 2. The second-order valence-electron chi connectivity index (χ2n) is 4.97. The van der Waals surface area contributed by atoms with Crippen molar-refractivity contribution >= 4 is 29.7 Å². The van der Waals surface area contributed by atoms with Crippen molar-refractivity contribution in [3.05, 3.63) is 0 Å². The van der Waals surface area contributed by atoms with Gasteiger partial charge in [0.1, 0.15) is 6.04 Å². The minimum atomic E-state index is -1.02. The summed E-state index contributed by atoms with van der Waals surface area (Å²) in [7, 11) is 0. The number of carbonyl (C=O) groups is 3. The van der Waals surface area contributed by atoms with Crippen LogP contribution in [0.1, 0.15) is 19.8 Å². The molecule has 1 atom stereocenters. The average Bonchev–Trinajstić information content (AvgIpc) is 2.68. The van der Waals surface area contributed by atoms with Gasteiger partial charge in [-0.05, 0) is 24.9 Å². The van der Waals surface area contributed by atoms with E-state index < -0.39 is 12.0 Å². The van der Waals surface area contributed by atoms with Gasteiger partial charge in [-0.1, -0.05) is 0 Å². The summed E-state index contributed by atoms with van der Waals surface area (Å²) in [6.45, 7) is 3.60. The Morgan fingerprint density at radius 1 is 1.19 bits per heavy atom. The van der Waals surface area contributed by atoms with Crippen LogP contribution in [0, 0.1) is 0 Å². The Morgan fingerprint density at radius 2 is 1.81 bits per heavy atom. The number of rotatable bonds is 5. The third-order valence-electron chi connectivity index (χ3n) is 3.43. The highest BCUT2D eigenvalue weighted by Gasteiger charge is 2.24. The van der Waals surface area contributed by atoms with Crippen LogP contribution in [0.2, 0.25) is 0 Å². The summed E-state index contributed by atoms with van der Waals surface area (Å²) >= 11 is 1.54. The van der Waals surface area contributed by atoms with Crippen molar-refractivity contribution in [1.29, 1.82) is 0 Å². The van der Waals surface area contributed by atoms with Crippen LogP contribution in [0.3, 0.4) is 0 Å². The Bertz CT molecular complexity index is 392. The van der Waals surface area contributed by atoms with Crippen LogP contribution in [-0.2, 0) is 9.59 Å². The Labute approximate surface area is 129 Å². The van der Waals surface area contributed by atoms with E-state index in [0.717, 1.165) is 0 Å². The molecule has 0 aromatic carbocycles. The third-order valence-corrected chi connectivity index (χ3v) is 4.08. The number of nitrogens with one attached hydrogen (secondary N) is 1. The monoisotopic (exact) mass is 317 g/mol. The van der Waals surface area contributed by atoms with Gasteiger partial charge in [-0.2, -0.15) is 11.8 Å². The van der Waals surface area contributed by atoms with Gasteiger partial charge in [-0.3, -0.25) is 4.79 Å². The minimum absolute atomic E-state index is 0.000594. The third kappa shape index (κ3) is 5.82. The van der Waals surface area contributed by atoms with Crippen LogP contribution in [0.25, 0.3) is 0 Å². The number of amides is 3. The number of carbonyl (C=O) groups excluding carboxylic acids is 2. The Hall–Kier alpha value is -1.44. The molecular formula is C13H23N3O4S. The molecule has 0 aliphatic carbocycles. The van der Waals surface area contributed by atoms with Gasteiger partial charge in [0.15, 0.2) is 0 Å². The molecule has 3 amide bonds. The molecule has 120 valence electrons. The summed E-state index contributed by atoms with van der Waals surface area (Å²) in [5.41, 5.74) is 0. The van der Waals surface area contributed by atoms with Gasteiger partial charge in [0.2, 0.25) is 5.91 Å². The van der Waals surface area contributed by atoms with Gasteiger partial charge in [0.05, 0.1) is 0 Å². The van der Waals surface area contributed by atoms with E-state index in [-0.39, 0.29) is 11.9 Å². The molecule has 1 aliphatic heterocycles. The van der Waals surface area contributed by atoms with E-state index in [9.17, 15) is 14.4 Å². The van der Waals surface area contributed by atoms with E-state index in [4.69, 9.17) is 5.11 Å². The first-order valence-corrected chi connectivity index (χ1v) is 8.37. The first kappa shape index (κ1) is 17.6. The largest absolute Gasteiger partial charge is 0.480 e. The first-order chi connectivity index (χ1) is 9.95. The fraction of sp³-hybridized carbons (Fsp3) is 0.769. The van der Waals surface area contributed by atoms with Crippen molar-refractivity contribution in [2.24, 2.45) is 0 Å². The van der Waals surface area contributed by atoms with E-state index in [0.29, 0.717) is 44.8 Å². The molecule has 2 N–H and O–H groups in total. The van der Waals surface area contributed by atoms with Crippen LogP contribution < -0.4 is 5.32 Å². The predicted molar refractivity (Wildman–Crippen MR) is 81.4 cm³/mol. The highest BCUT2D eigenvalue weighted by Crippen LogP contribution is 2.06. The molecular weight excluding hydrogens is 294 g/mol. The van der Waals surface area contributed by atoms with Gasteiger partial charge in [0.25, 0.3) is 0 Å². The molecule has 1 heterocycles. The van der Waals surface area contributed by atoms with Gasteiger partial charge >= 0.3 is 12.0 Å². The van der Waals surface area contributed by atoms with Gasteiger partial charge in [-0.15, -0.1) is 0 Å². The molecule has 1 saturated heterocycles. The lowest BCUT2D eigenvalue weighted by atomic mass is 10.2. The maximum Gasteiger partial charge on any atom is 0.326 e. The number of carboxylic acid groups (broad SMARTS) is 1. The number of carboxylic acids is 1. The van der Waals surface area contributed by atoms with Gasteiger partial charge in [-0.25, -0.2) is 9.59 Å². The van der Waals surface area contributed by atoms with Crippen LogP contribution >= 0.6 is 11.8 Å². The molecule has 0 aromatic rings. The van der Waals surface area contributed by atoms with Gasteiger partial charge in [0, 0.05) is 33.1 Å². The summed E-state index contributed by atoms with van der Waals surface area (Å²) in [5, 5.41) is 11.7. The van der Waals surface area contributed by atoms with E-state index in [1.807, 2.05) is 6.26 Å². The minimum Gasteiger partial charge on any atom is -0.480 e. The fourth-order valence-corrected chi connectivity index (χ4v) is 2.64. The van der Waals surface area contributed by atoms with Gasteiger partial charge < -0.3 is 20.2 Å². The quantitative estimate of drug-likeness (QED) is 0.769. The number of aliphatic carboxylic acids is 1. The standard InChI is InChI=1S/C13H23N3O4S/c1-10(17)15-5-3-6-16(8-7-15)13(20)14-11(12(18)19)4-9-21-2/h11H,3-9H2,1-2H3,(H,14,20)(H,18,19). The molecule has 7 nitrogen and oxygen atoms in total. The molecule has 0 saturated carbocycles. The molecule has 0 spiro atoms. The maximum absolute atomic E-state index is 12.1. The number of urea groups is 1. The fourth-order valence-electron chi connectivity index (χ4n) is 2.17. The molecule has 1 unspecified atom stereocenters. The highest BCUT2D eigenvalue weighted by atomic mass is 32.2. The molecule has 1 aliphatic rings. The number of nitrogens with zero attached hydrogens (tertiary/aromatic N) is 2. The van der Waals surface area contributed by atoms with Crippen molar-refractivity contribution in [3.8, 4) is 0 Å². The zero-order chi connectivity index (χ0) is 15.8. The van der Waals surface area contributed by atoms with E-state index in [1.165, 1.54) is 6.92 Å². The summed E-state index contributed by atoms with van der Waals surface area (Å²) < 4.78 is 0. The summed E-state index contributed by atoms with van der Waals surface area (Å²) in [5.74, 6) is -0.340. The normalized spacial score (nSPS) is 17.0. The lowest BCUT2D eigenvalue weighted by Gasteiger charge is -2.24. The molecule has 21 heavy (non-hydrogen) atoms. The summed E-state index contributed by atoms with van der Waals surface area (Å²) in [6.07, 6.45) is 3.00. The van der Waals surface area contributed by atoms with E-state index in [2.05, 4.69) is 5.32 Å². The number of thioether (sulfide) groups is 1. The average molecular weight is 317 g/mol. The topological polar surface area (TPSA) is 90.0 Å². The van der Waals surface area contributed by atoms with Crippen LogP contribution in [0.4, 0.5) is 4.79 Å². The number of hydrogen-bond acceptors (Lipinski definition) is 4. The molecule has 1 rings (SSSR count). The van der Waals surface area contributed by atoms with Crippen molar-refractivity contribution in [1.82, 2.24) is 15.1 Å². The lowest BCUT2D eigenvalue weighted by Crippen LogP contribution is -2.49. The zero-order valence-corrected chi connectivity index (χ0v) is 13.3. The predicted octanol–water partition coefficient (Wildman–Crippen LogP) is 0.457. The summed E-state index contributed by atoms with van der Waals surface area (Å²) in [6, 6.07) is -1.23. The maximum atomic E-state index is 12.1. The zero-order valence-electron chi connectivity index (χ0n) is 12.5. The molecule has 8 heteroatoms. The Kier molecular flexibility index (Phi) is 7.35. The van der Waals surface area contributed by atoms with Crippen LogP contribution in [0.15, 0.2) is 0 Å². The smallest absolute Gasteiger partial charge is 0.326 e. The molecule has 0 bridgehead atoms. The highest BCUT2D eigenvalue weighted by molar-refractivity contribution is 7.98. The Morgan fingerprint density at radius 3 is 2.38 bits per heavy atom. The molecule has 0 radical (unpaired) electrons. The lowest BCUT2D eigenvalue weighted by molar-refractivity contribution is -0.139. The SMILES string of the molecule is CSCCC(NC(=O)N1CCCN(C(C)=O)CC1)C(=O)O. The van der Waals surface area contributed by atoms with Crippen molar-refractivity contribution < 1.29 is 19.5 Å². The van der Waals surface area contributed by atoms with Crippen molar-refractivity contribution in [3.63, 3.8) is 0 Å². The van der Waals surface area contributed by atoms with Crippen molar-refractivity contribution in [2.45, 2.75) is 25.8 Å². The summed E-state index contributed by atoms with van der Waals surface area (Å²) in [4.78, 5) is 37.9. The van der Waals surface area contributed by atoms with E-state index >= 15 is 0 Å². The van der Waals surface area contributed by atoms with Crippen molar-refractivity contribution in [2.75, 3.05) is 38.2 Å².